The number of aromatic nitrogens is 2. The van der Waals surface area contributed by atoms with Crippen LogP contribution in [0.15, 0.2) is 6.20 Å². The fourth-order valence-corrected chi connectivity index (χ4v) is 1.43. The Bertz CT molecular complexity index is 335. The Labute approximate surface area is 100 Å². The number of ether oxygens (including phenoxy) is 1. The number of nitrogens with two attached hydrogens (primary N) is 1. The van der Waals surface area contributed by atoms with Gasteiger partial charge in [0.2, 0.25) is 0 Å². The largest absolute Gasteiger partial charge is 0.467 e. The van der Waals surface area contributed by atoms with Crippen LogP contribution in [0.25, 0.3) is 0 Å². The van der Waals surface area contributed by atoms with Gasteiger partial charge < -0.3 is 15.8 Å². The summed E-state index contributed by atoms with van der Waals surface area (Å²) in [6, 6.07) is 0.568. The summed E-state index contributed by atoms with van der Waals surface area (Å²) < 4.78 is 4.93. The fraction of sp³-hybridized carbons (Fsp3) is 0.600. The zero-order valence-corrected chi connectivity index (χ0v) is 10.3. The second-order valence-corrected chi connectivity index (χ2v) is 3.94. The number of anilines is 1. The number of nitrogens with zero attached hydrogens (tertiary/aromatic N) is 2. The summed E-state index contributed by atoms with van der Waals surface area (Å²) in [6.07, 6.45) is 3.46. The number of hydrogen-bond donors (Lipinski definition) is 2. The molecule has 5 nitrogen and oxygen atoms in total. The summed E-state index contributed by atoms with van der Waals surface area (Å²) in [4.78, 5) is 8.03. The average molecular weight is 245 g/mol. The lowest BCUT2D eigenvalue weighted by Crippen LogP contribution is -2.18. The van der Waals surface area contributed by atoms with Gasteiger partial charge in [0.15, 0.2) is 5.82 Å². The van der Waals surface area contributed by atoms with Gasteiger partial charge in [0.1, 0.15) is 5.02 Å². The van der Waals surface area contributed by atoms with Gasteiger partial charge >= 0.3 is 6.01 Å². The van der Waals surface area contributed by atoms with Gasteiger partial charge in [-0.1, -0.05) is 11.6 Å². The third-order valence-corrected chi connectivity index (χ3v) is 2.41. The van der Waals surface area contributed by atoms with Crippen LogP contribution in [0.4, 0.5) is 5.82 Å². The molecule has 1 aromatic heterocycles. The molecule has 1 aromatic rings. The Hall–Kier alpha value is -1.07. The van der Waals surface area contributed by atoms with Crippen molar-refractivity contribution in [3.63, 3.8) is 0 Å². The summed E-state index contributed by atoms with van der Waals surface area (Å²) in [7, 11) is 1.52. The molecule has 0 aromatic carbocycles. The molecule has 1 rings (SSSR count). The van der Waals surface area contributed by atoms with Crippen molar-refractivity contribution < 1.29 is 4.74 Å². The molecule has 1 atom stereocenters. The molecule has 0 spiro atoms. The molecule has 0 aliphatic carbocycles. The fourth-order valence-electron chi connectivity index (χ4n) is 1.28. The molecule has 0 amide bonds. The Morgan fingerprint density at radius 2 is 2.38 bits per heavy atom. The summed E-state index contributed by atoms with van der Waals surface area (Å²) in [5.41, 5.74) is 5.45. The first-order valence-electron chi connectivity index (χ1n) is 5.20. The molecule has 6 heteroatoms. The SMILES string of the molecule is COc1ncc(Cl)c(NC(C)CCCN)n1. The minimum absolute atomic E-state index is 0.264. The summed E-state index contributed by atoms with van der Waals surface area (Å²) >= 11 is 5.96. The molecule has 0 aliphatic heterocycles. The zero-order valence-electron chi connectivity index (χ0n) is 9.53. The molecule has 3 N–H and O–H groups in total. The first-order chi connectivity index (χ1) is 7.67. The van der Waals surface area contributed by atoms with E-state index in [1.54, 1.807) is 0 Å². The third kappa shape index (κ3) is 3.83. The number of rotatable bonds is 6. The summed E-state index contributed by atoms with van der Waals surface area (Å²) in [5.74, 6) is 0.595. The average Bonchev–Trinajstić information content (AvgIpc) is 2.29. The molecule has 0 radical (unpaired) electrons. The molecular weight excluding hydrogens is 228 g/mol. The highest BCUT2D eigenvalue weighted by Gasteiger charge is 2.08. The van der Waals surface area contributed by atoms with Crippen molar-refractivity contribution in [2.45, 2.75) is 25.8 Å². The van der Waals surface area contributed by atoms with Crippen molar-refractivity contribution in [1.29, 1.82) is 0 Å². The van der Waals surface area contributed by atoms with E-state index in [0.717, 1.165) is 12.8 Å². The van der Waals surface area contributed by atoms with Gasteiger partial charge in [0, 0.05) is 6.04 Å². The molecule has 0 bridgehead atoms. The normalized spacial score (nSPS) is 12.2. The van der Waals surface area contributed by atoms with Crippen LogP contribution in [0, 0.1) is 0 Å². The second kappa shape index (κ2) is 6.50. The van der Waals surface area contributed by atoms with Crippen LogP contribution >= 0.6 is 11.6 Å². The van der Waals surface area contributed by atoms with Crippen molar-refractivity contribution >= 4 is 17.4 Å². The number of hydrogen-bond acceptors (Lipinski definition) is 5. The predicted molar refractivity (Wildman–Crippen MR) is 65.0 cm³/mol. The van der Waals surface area contributed by atoms with Crippen molar-refractivity contribution in [2.75, 3.05) is 19.0 Å². The maximum Gasteiger partial charge on any atom is 0.318 e. The monoisotopic (exact) mass is 244 g/mol. The van der Waals surface area contributed by atoms with Gasteiger partial charge in [-0.05, 0) is 26.3 Å². The van der Waals surface area contributed by atoms with Crippen LogP contribution in [0.1, 0.15) is 19.8 Å². The van der Waals surface area contributed by atoms with E-state index in [2.05, 4.69) is 22.2 Å². The lowest BCUT2D eigenvalue weighted by atomic mass is 10.2. The van der Waals surface area contributed by atoms with E-state index >= 15 is 0 Å². The maximum absolute atomic E-state index is 5.96. The van der Waals surface area contributed by atoms with E-state index in [-0.39, 0.29) is 6.04 Å². The quantitative estimate of drug-likeness (QED) is 0.797. The highest BCUT2D eigenvalue weighted by atomic mass is 35.5. The molecular formula is C10H17ClN4O. The number of methoxy groups -OCH3 is 1. The van der Waals surface area contributed by atoms with Gasteiger partial charge in [-0.2, -0.15) is 4.98 Å². The highest BCUT2D eigenvalue weighted by molar-refractivity contribution is 6.32. The number of nitrogens with one attached hydrogen (secondary N) is 1. The molecule has 0 fully saturated rings. The lowest BCUT2D eigenvalue weighted by Gasteiger charge is -2.15. The van der Waals surface area contributed by atoms with Gasteiger partial charge in [-0.25, -0.2) is 4.98 Å². The summed E-state index contributed by atoms with van der Waals surface area (Å²) in [5, 5.41) is 3.69. The van der Waals surface area contributed by atoms with Crippen molar-refractivity contribution in [3.05, 3.63) is 11.2 Å². The first kappa shape index (κ1) is 13.0. The highest BCUT2D eigenvalue weighted by Crippen LogP contribution is 2.21. The molecule has 1 unspecified atom stereocenters. The summed E-state index contributed by atoms with van der Waals surface area (Å²) in [6.45, 7) is 2.74. The topological polar surface area (TPSA) is 73.1 Å². The van der Waals surface area contributed by atoms with Crippen LogP contribution in [0.2, 0.25) is 5.02 Å². The first-order valence-corrected chi connectivity index (χ1v) is 5.58. The molecule has 16 heavy (non-hydrogen) atoms. The van der Waals surface area contributed by atoms with Crippen molar-refractivity contribution in [2.24, 2.45) is 5.73 Å². The second-order valence-electron chi connectivity index (χ2n) is 3.53. The Morgan fingerprint density at radius 1 is 1.62 bits per heavy atom. The maximum atomic E-state index is 5.96. The van der Waals surface area contributed by atoms with Crippen LogP contribution in [0.5, 0.6) is 6.01 Å². The van der Waals surface area contributed by atoms with Gasteiger partial charge in [-0.3, -0.25) is 0 Å². The minimum Gasteiger partial charge on any atom is -0.467 e. The van der Waals surface area contributed by atoms with E-state index in [1.165, 1.54) is 13.3 Å². The molecule has 90 valence electrons. The van der Waals surface area contributed by atoms with Gasteiger partial charge in [-0.15, -0.1) is 0 Å². The Morgan fingerprint density at radius 3 is 3.00 bits per heavy atom. The van der Waals surface area contributed by atoms with Crippen LogP contribution in [-0.2, 0) is 0 Å². The third-order valence-electron chi connectivity index (χ3n) is 2.13. The van der Waals surface area contributed by atoms with Crippen LogP contribution in [0.3, 0.4) is 0 Å². The Kier molecular flexibility index (Phi) is 5.28. The molecule has 1 heterocycles. The molecule has 0 aliphatic rings. The van der Waals surface area contributed by atoms with Crippen molar-refractivity contribution in [3.8, 4) is 6.01 Å². The van der Waals surface area contributed by atoms with E-state index < -0.39 is 0 Å². The Balaban J connectivity index is 2.64. The minimum atomic E-state index is 0.264. The van der Waals surface area contributed by atoms with E-state index in [9.17, 15) is 0 Å². The van der Waals surface area contributed by atoms with Crippen molar-refractivity contribution in [1.82, 2.24) is 9.97 Å². The van der Waals surface area contributed by atoms with E-state index in [0.29, 0.717) is 23.4 Å². The standard InChI is InChI=1S/C10H17ClN4O/c1-7(4-3-5-12)14-9-8(11)6-13-10(15-9)16-2/h6-7H,3-5,12H2,1-2H3,(H,13,14,15). The number of halogens is 1. The lowest BCUT2D eigenvalue weighted by molar-refractivity contribution is 0.380. The smallest absolute Gasteiger partial charge is 0.318 e. The predicted octanol–water partition coefficient (Wildman–Crippen LogP) is 1.68. The zero-order chi connectivity index (χ0) is 12.0. The van der Waals surface area contributed by atoms with Gasteiger partial charge in [0.05, 0.1) is 13.3 Å². The van der Waals surface area contributed by atoms with E-state index in [1.807, 2.05) is 0 Å². The van der Waals surface area contributed by atoms with Crippen LogP contribution in [-0.4, -0.2) is 29.7 Å². The van der Waals surface area contributed by atoms with Gasteiger partial charge in [0.25, 0.3) is 0 Å². The van der Waals surface area contributed by atoms with E-state index in [4.69, 9.17) is 22.1 Å². The molecule has 0 saturated carbocycles. The van der Waals surface area contributed by atoms with Crippen LogP contribution < -0.4 is 15.8 Å². The molecule has 0 saturated heterocycles.